The Kier molecular flexibility index (Phi) is 8.58. The Morgan fingerprint density at radius 1 is 1.12 bits per heavy atom. The Morgan fingerprint density at radius 2 is 1.93 bits per heavy atom. The molecular formula is C34H52N4O4. The van der Waals surface area contributed by atoms with E-state index in [9.17, 15) is 9.90 Å². The van der Waals surface area contributed by atoms with Crippen LogP contribution in [0.25, 0.3) is 0 Å². The molecule has 1 amide bonds. The lowest BCUT2D eigenvalue weighted by Crippen LogP contribution is -2.51. The number of aliphatic hydroxyl groups is 2. The average Bonchev–Trinajstić information content (AvgIpc) is 3.36. The molecule has 8 nitrogen and oxygen atoms in total. The number of hydrogen-bond acceptors (Lipinski definition) is 7. The summed E-state index contributed by atoms with van der Waals surface area (Å²) < 4.78 is 5.36. The zero-order valence-corrected chi connectivity index (χ0v) is 26.0. The number of aromatic nitrogens is 2. The SMILES string of the molecule is C[C@H](CCC(=O)N1CCN(c2ccnc(OCCO)n2)CC1)[C@H]1CC[C@H]2[C@@H]3CC=C4C[C@@H](O)CC[C@]4(C)[C@H]3CC[C@]12C. The Hall–Kier alpha value is -2.19. The molecule has 4 aliphatic carbocycles. The lowest BCUT2D eigenvalue weighted by molar-refractivity contribution is -0.132. The Bertz CT molecular complexity index is 1150. The molecular weight excluding hydrogens is 528 g/mol. The van der Waals surface area contributed by atoms with Crippen LogP contribution in [-0.4, -0.2) is 76.5 Å². The molecule has 1 aromatic heterocycles. The summed E-state index contributed by atoms with van der Waals surface area (Å²) in [4.78, 5) is 26.1. The first-order valence-corrected chi connectivity index (χ1v) is 16.7. The molecule has 0 unspecified atom stereocenters. The maximum atomic E-state index is 13.3. The van der Waals surface area contributed by atoms with Crippen molar-refractivity contribution in [3.05, 3.63) is 23.9 Å². The van der Waals surface area contributed by atoms with E-state index in [2.05, 4.69) is 41.7 Å². The molecule has 0 bridgehead atoms. The number of carbonyl (C=O) groups excluding carboxylic acids is 1. The van der Waals surface area contributed by atoms with E-state index >= 15 is 0 Å². The molecule has 1 aromatic rings. The van der Waals surface area contributed by atoms with Gasteiger partial charge in [0, 0.05) is 38.8 Å². The van der Waals surface area contributed by atoms with Crippen LogP contribution in [0.4, 0.5) is 5.82 Å². The van der Waals surface area contributed by atoms with Crippen LogP contribution in [0.15, 0.2) is 23.9 Å². The first-order chi connectivity index (χ1) is 20.2. The lowest BCUT2D eigenvalue weighted by Gasteiger charge is -2.58. The van der Waals surface area contributed by atoms with Gasteiger partial charge in [-0.1, -0.05) is 32.4 Å². The maximum Gasteiger partial charge on any atom is 0.318 e. The Labute approximate surface area is 251 Å². The van der Waals surface area contributed by atoms with Crippen LogP contribution in [0.2, 0.25) is 0 Å². The van der Waals surface area contributed by atoms with Gasteiger partial charge in [0.15, 0.2) is 0 Å². The molecule has 232 valence electrons. The van der Waals surface area contributed by atoms with Gasteiger partial charge in [0.05, 0.1) is 12.7 Å². The summed E-state index contributed by atoms with van der Waals surface area (Å²) in [7, 11) is 0. The summed E-state index contributed by atoms with van der Waals surface area (Å²) in [6.07, 6.45) is 15.2. The molecule has 42 heavy (non-hydrogen) atoms. The second-order valence-corrected chi connectivity index (χ2v) is 14.5. The fourth-order valence-corrected chi connectivity index (χ4v) is 10.2. The van der Waals surface area contributed by atoms with Crippen molar-refractivity contribution in [3.63, 3.8) is 0 Å². The van der Waals surface area contributed by atoms with E-state index in [-0.39, 0.29) is 31.2 Å². The van der Waals surface area contributed by atoms with Crippen molar-refractivity contribution in [1.82, 2.24) is 14.9 Å². The van der Waals surface area contributed by atoms with Crippen LogP contribution < -0.4 is 9.64 Å². The largest absolute Gasteiger partial charge is 0.461 e. The van der Waals surface area contributed by atoms with Crippen LogP contribution in [0, 0.1) is 40.4 Å². The molecule has 8 heteroatoms. The van der Waals surface area contributed by atoms with Crippen LogP contribution >= 0.6 is 0 Å². The first kappa shape index (κ1) is 29.9. The highest BCUT2D eigenvalue weighted by Crippen LogP contribution is 2.67. The number of anilines is 1. The van der Waals surface area contributed by atoms with E-state index in [1.165, 1.54) is 32.1 Å². The summed E-state index contributed by atoms with van der Waals surface area (Å²) >= 11 is 0. The molecule has 4 fully saturated rings. The van der Waals surface area contributed by atoms with Gasteiger partial charge < -0.3 is 24.7 Å². The minimum atomic E-state index is -0.137. The molecule has 0 aromatic carbocycles. The minimum absolute atomic E-state index is 0.0706. The maximum absolute atomic E-state index is 13.3. The second-order valence-electron chi connectivity index (χ2n) is 14.5. The van der Waals surface area contributed by atoms with Crippen LogP contribution in [0.3, 0.4) is 0 Å². The van der Waals surface area contributed by atoms with Crippen molar-refractivity contribution in [1.29, 1.82) is 0 Å². The molecule has 6 rings (SSSR count). The molecule has 0 spiro atoms. The summed E-state index contributed by atoms with van der Waals surface area (Å²) in [5.41, 5.74) is 2.25. The van der Waals surface area contributed by atoms with Crippen molar-refractivity contribution < 1.29 is 19.7 Å². The highest BCUT2D eigenvalue weighted by Gasteiger charge is 2.59. The second kappa shape index (κ2) is 12.1. The predicted octanol–water partition coefficient (Wildman–Crippen LogP) is 4.85. The standard InChI is InChI=1S/C34H52N4O4/c1-23(4-9-31(41)38-18-16-37(17-19-38)30-12-15-35-32(36-30)42-21-20-39)27-7-8-28-26-6-5-24-22-25(40)10-13-33(24,2)29(26)11-14-34(27,28)3/h5,12,15,23,25-29,39-40H,4,6-11,13-14,16-22H2,1-3H3/t23-,25+,26+,27-,28+,29+,33+,34-/m1/s1. The van der Waals surface area contributed by atoms with E-state index in [1.54, 1.807) is 11.8 Å². The summed E-state index contributed by atoms with van der Waals surface area (Å²) in [6.45, 7) is 10.6. The number of piperazine rings is 1. The van der Waals surface area contributed by atoms with Gasteiger partial charge in [-0.2, -0.15) is 4.98 Å². The molecule has 3 saturated carbocycles. The van der Waals surface area contributed by atoms with Gasteiger partial charge in [-0.05, 0) is 104 Å². The van der Waals surface area contributed by atoms with E-state index in [1.807, 2.05) is 11.0 Å². The van der Waals surface area contributed by atoms with Crippen molar-refractivity contribution in [2.75, 3.05) is 44.3 Å². The predicted molar refractivity (Wildman–Crippen MR) is 163 cm³/mol. The normalized spacial score (nSPS) is 36.9. The summed E-state index contributed by atoms with van der Waals surface area (Å²) in [6, 6.07) is 2.15. The molecule has 0 radical (unpaired) electrons. The van der Waals surface area contributed by atoms with Gasteiger partial charge in [-0.3, -0.25) is 4.79 Å². The molecule has 1 saturated heterocycles. The summed E-state index contributed by atoms with van der Waals surface area (Å²) in [5.74, 6) is 4.73. The molecule has 1 aliphatic heterocycles. The fourth-order valence-electron chi connectivity index (χ4n) is 10.2. The number of amides is 1. The van der Waals surface area contributed by atoms with E-state index in [4.69, 9.17) is 9.84 Å². The number of fused-ring (bicyclic) bond motifs is 5. The number of carbonyl (C=O) groups is 1. The number of rotatable bonds is 8. The van der Waals surface area contributed by atoms with Gasteiger partial charge in [-0.25, -0.2) is 4.98 Å². The third-order valence-electron chi connectivity index (χ3n) is 12.5. The molecule has 2 N–H and O–H groups in total. The fraction of sp³-hybridized carbons (Fsp3) is 0.794. The van der Waals surface area contributed by atoms with Crippen molar-refractivity contribution in [3.8, 4) is 6.01 Å². The third kappa shape index (κ3) is 5.47. The Balaban J connectivity index is 1.01. The molecule has 5 aliphatic rings. The monoisotopic (exact) mass is 580 g/mol. The highest BCUT2D eigenvalue weighted by atomic mass is 16.5. The third-order valence-corrected chi connectivity index (χ3v) is 12.5. The number of hydrogen-bond donors (Lipinski definition) is 2. The number of nitrogens with zero attached hydrogens (tertiary/aromatic N) is 4. The van der Waals surface area contributed by atoms with Gasteiger partial charge in [0.25, 0.3) is 0 Å². The van der Waals surface area contributed by atoms with Gasteiger partial charge in [0.2, 0.25) is 5.91 Å². The highest BCUT2D eigenvalue weighted by molar-refractivity contribution is 5.76. The summed E-state index contributed by atoms with van der Waals surface area (Å²) in [5, 5.41) is 19.3. The zero-order valence-electron chi connectivity index (χ0n) is 26.0. The molecule has 8 atom stereocenters. The van der Waals surface area contributed by atoms with E-state index in [0.717, 1.165) is 62.3 Å². The van der Waals surface area contributed by atoms with Crippen LogP contribution in [0.5, 0.6) is 6.01 Å². The van der Waals surface area contributed by atoms with Gasteiger partial charge in [-0.15, -0.1) is 0 Å². The zero-order chi connectivity index (χ0) is 29.5. The van der Waals surface area contributed by atoms with Gasteiger partial charge in [0.1, 0.15) is 12.4 Å². The number of allylic oxidation sites excluding steroid dienone is 1. The van der Waals surface area contributed by atoms with E-state index < -0.39 is 0 Å². The van der Waals surface area contributed by atoms with Crippen molar-refractivity contribution in [2.45, 2.75) is 91.1 Å². The Morgan fingerprint density at radius 3 is 2.71 bits per heavy atom. The quantitative estimate of drug-likeness (QED) is 0.424. The van der Waals surface area contributed by atoms with E-state index in [0.29, 0.717) is 42.2 Å². The number of ether oxygens (including phenoxy) is 1. The first-order valence-electron chi connectivity index (χ1n) is 16.7. The van der Waals surface area contributed by atoms with Crippen LogP contribution in [-0.2, 0) is 4.79 Å². The van der Waals surface area contributed by atoms with Crippen molar-refractivity contribution >= 4 is 11.7 Å². The lowest BCUT2D eigenvalue weighted by atomic mass is 9.47. The van der Waals surface area contributed by atoms with Crippen LogP contribution in [0.1, 0.15) is 85.0 Å². The minimum Gasteiger partial charge on any atom is -0.461 e. The topological polar surface area (TPSA) is 99.0 Å². The smallest absolute Gasteiger partial charge is 0.318 e. The molecule has 2 heterocycles. The van der Waals surface area contributed by atoms with Crippen molar-refractivity contribution in [2.24, 2.45) is 40.4 Å². The average molecular weight is 581 g/mol. The van der Waals surface area contributed by atoms with Gasteiger partial charge >= 0.3 is 6.01 Å². The number of aliphatic hydroxyl groups excluding tert-OH is 2.